The van der Waals surface area contributed by atoms with Crippen molar-refractivity contribution < 1.29 is 14.3 Å². The Hall–Kier alpha value is -3.41. The van der Waals surface area contributed by atoms with Crippen molar-refractivity contribution in [2.45, 2.75) is 41.5 Å². The molecule has 0 unspecified atom stereocenters. The van der Waals surface area contributed by atoms with Gasteiger partial charge in [-0.25, -0.2) is 0 Å². The van der Waals surface area contributed by atoms with Crippen LogP contribution in [0.4, 0.5) is 11.4 Å². The lowest BCUT2D eigenvalue weighted by Gasteiger charge is -2.31. The molecule has 0 N–H and O–H groups in total. The summed E-state index contributed by atoms with van der Waals surface area (Å²) >= 11 is 0. The SMILES string of the molecule is CC(C)(C)C1=CC(Oc2ccc(N=Nc3cccnc3)cc2)=C(C(C)(C)C)C(=O)C1=O. The van der Waals surface area contributed by atoms with Gasteiger partial charge in [0, 0.05) is 11.8 Å². The Morgan fingerprint density at radius 2 is 1.45 bits per heavy atom. The molecule has 160 valence electrons. The van der Waals surface area contributed by atoms with Crippen LogP contribution in [0.25, 0.3) is 0 Å². The zero-order valence-corrected chi connectivity index (χ0v) is 18.8. The van der Waals surface area contributed by atoms with E-state index >= 15 is 0 Å². The number of hydrogen-bond donors (Lipinski definition) is 0. The first kappa shape index (κ1) is 22.3. The van der Waals surface area contributed by atoms with Crippen molar-refractivity contribution in [2.24, 2.45) is 21.1 Å². The van der Waals surface area contributed by atoms with Crippen LogP contribution in [0.3, 0.4) is 0 Å². The van der Waals surface area contributed by atoms with Gasteiger partial charge in [-0.05, 0) is 53.3 Å². The topological polar surface area (TPSA) is 81.0 Å². The minimum atomic E-state index is -0.542. The highest BCUT2D eigenvalue weighted by Crippen LogP contribution is 2.39. The lowest BCUT2D eigenvalue weighted by molar-refractivity contribution is -0.133. The lowest BCUT2D eigenvalue weighted by atomic mass is 9.73. The second-order valence-electron chi connectivity index (χ2n) is 9.46. The second-order valence-corrected chi connectivity index (χ2v) is 9.46. The highest BCUT2D eigenvalue weighted by atomic mass is 16.5. The van der Waals surface area contributed by atoms with E-state index in [1.165, 1.54) is 0 Å². The first-order valence-corrected chi connectivity index (χ1v) is 10.1. The molecule has 1 aliphatic carbocycles. The van der Waals surface area contributed by atoms with Crippen molar-refractivity contribution in [3.8, 4) is 5.75 Å². The third kappa shape index (κ3) is 5.20. The number of pyridine rings is 1. The number of hydrogen-bond acceptors (Lipinski definition) is 6. The molecule has 0 radical (unpaired) electrons. The van der Waals surface area contributed by atoms with Gasteiger partial charge in [-0.3, -0.25) is 14.6 Å². The van der Waals surface area contributed by atoms with Crippen LogP contribution in [0, 0.1) is 10.8 Å². The second kappa shape index (κ2) is 8.38. The van der Waals surface area contributed by atoms with E-state index in [9.17, 15) is 9.59 Å². The molecular weight excluding hydrogens is 390 g/mol. The highest BCUT2D eigenvalue weighted by Gasteiger charge is 2.40. The number of azo groups is 1. The summed E-state index contributed by atoms with van der Waals surface area (Å²) in [5, 5.41) is 8.33. The summed E-state index contributed by atoms with van der Waals surface area (Å²) in [6.07, 6.45) is 5.01. The third-order valence-electron chi connectivity index (χ3n) is 4.75. The van der Waals surface area contributed by atoms with Gasteiger partial charge in [-0.2, -0.15) is 5.11 Å². The summed E-state index contributed by atoms with van der Waals surface area (Å²) in [6, 6.07) is 10.7. The van der Waals surface area contributed by atoms with E-state index in [1.807, 2.05) is 47.6 Å². The van der Waals surface area contributed by atoms with Gasteiger partial charge in [0.05, 0.1) is 17.5 Å². The summed E-state index contributed by atoms with van der Waals surface area (Å²) in [4.78, 5) is 29.7. The molecule has 1 aromatic heterocycles. The Morgan fingerprint density at radius 1 is 0.806 bits per heavy atom. The number of rotatable bonds is 4. The van der Waals surface area contributed by atoms with Crippen molar-refractivity contribution in [1.82, 2.24) is 4.98 Å². The minimum absolute atomic E-state index is 0.380. The number of carbonyl (C=O) groups is 2. The van der Waals surface area contributed by atoms with Crippen LogP contribution in [0.2, 0.25) is 0 Å². The maximum absolute atomic E-state index is 12.9. The highest BCUT2D eigenvalue weighted by molar-refractivity contribution is 6.50. The van der Waals surface area contributed by atoms with Crippen molar-refractivity contribution in [3.05, 3.63) is 71.8 Å². The number of nitrogens with zero attached hydrogens (tertiary/aromatic N) is 3. The molecule has 0 saturated carbocycles. The van der Waals surface area contributed by atoms with E-state index in [0.29, 0.717) is 34.0 Å². The Kier molecular flexibility index (Phi) is 6.02. The predicted octanol–water partition coefficient (Wildman–Crippen LogP) is 6.30. The Morgan fingerprint density at radius 3 is 2.00 bits per heavy atom. The average molecular weight is 418 g/mol. The van der Waals surface area contributed by atoms with E-state index in [2.05, 4.69) is 15.2 Å². The van der Waals surface area contributed by atoms with Gasteiger partial charge in [0.1, 0.15) is 17.2 Å². The molecule has 31 heavy (non-hydrogen) atoms. The molecule has 2 aromatic rings. The molecule has 6 nitrogen and oxygen atoms in total. The van der Waals surface area contributed by atoms with Crippen LogP contribution in [0.1, 0.15) is 41.5 Å². The van der Waals surface area contributed by atoms with Gasteiger partial charge in [0.2, 0.25) is 11.6 Å². The molecule has 1 aromatic carbocycles. The molecule has 6 heteroatoms. The number of carbonyl (C=O) groups excluding carboxylic acids is 2. The van der Waals surface area contributed by atoms with E-state index < -0.39 is 22.4 Å². The van der Waals surface area contributed by atoms with E-state index in [1.54, 1.807) is 48.8 Å². The van der Waals surface area contributed by atoms with E-state index in [4.69, 9.17) is 4.74 Å². The van der Waals surface area contributed by atoms with Crippen LogP contribution in [0.15, 0.2) is 82.0 Å². The first-order valence-electron chi connectivity index (χ1n) is 10.1. The molecule has 0 amide bonds. The molecule has 0 aliphatic heterocycles. The summed E-state index contributed by atoms with van der Waals surface area (Å²) in [5.74, 6) is -0.0109. The summed E-state index contributed by atoms with van der Waals surface area (Å²) in [7, 11) is 0. The Balaban J connectivity index is 1.92. The van der Waals surface area contributed by atoms with Crippen molar-refractivity contribution >= 4 is 22.9 Å². The quantitative estimate of drug-likeness (QED) is 0.332. The molecule has 0 atom stereocenters. The molecule has 1 aliphatic rings. The van der Waals surface area contributed by atoms with Gasteiger partial charge in [0.25, 0.3) is 0 Å². The number of ether oxygens (including phenoxy) is 1. The number of Topliss-reactive ketones (excluding diaryl/α,β-unsaturated/α-hetero) is 2. The fraction of sp³-hybridized carbons (Fsp3) is 0.320. The largest absolute Gasteiger partial charge is 0.457 e. The summed E-state index contributed by atoms with van der Waals surface area (Å²) < 4.78 is 6.10. The maximum atomic E-state index is 12.9. The molecule has 0 saturated heterocycles. The van der Waals surface area contributed by atoms with Crippen LogP contribution < -0.4 is 4.74 Å². The van der Waals surface area contributed by atoms with Crippen LogP contribution in [-0.2, 0) is 9.59 Å². The van der Waals surface area contributed by atoms with Crippen LogP contribution in [-0.4, -0.2) is 16.6 Å². The van der Waals surface area contributed by atoms with Gasteiger partial charge >= 0.3 is 0 Å². The van der Waals surface area contributed by atoms with Crippen LogP contribution >= 0.6 is 0 Å². The van der Waals surface area contributed by atoms with Crippen molar-refractivity contribution in [2.75, 3.05) is 0 Å². The number of ketones is 2. The molecule has 1 heterocycles. The van der Waals surface area contributed by atoms with Crippen molar-refractivity contribution in [3.63, 3.8) is 0 Å². The number of allylic oxidation sites excluding steroid dienone is 3. The molecule has 0 fully saturated rings. The monoisotopic (exact) mass is 417 g/mol. The smallest absolute Gasteiger partial charge is 0.233 e. The first-order chi connectivity index (χ1) is 14.5. The maximum Gasteiger partial charge on any atom is 0.233 e. The molecule has 3 rings (SSSR count). The predicted molar refractivity (Wildman–Crippen MR) is 120 cm³/mol. The van der Waals surface area contributed by atoms with E-state index in [0.717, 1.165) is 0 Å². The van der Waals surface area contributed by atoms with Gasteiger partial charge in [0.15, 0.2) is 0 Å². The summed E-state index contributed by atoms with van der Waals surface area (Å²) in [6.45, 7) is 11.4. The van der Waals surface area contributed by atoms with Gasteiger partial charge in [-0.15, -0.1) is 5.11 Å². The third-order valence-corrected chi connectivity index (χ3v) is 4.75. The normalized spacial score (nSPS) is 15.5. The van der Waals surface area contributed by atoms with Crippen LogP contribution in [0.5, 0.6) is 5.75 Å². The zero-order chi connectivity index (χ0) is 22.8. The molecule has 0 spiro atoms. The number of benzene rings is 1. The van der Waals surface area contributed by atoms with Crippen molar-refractivity contribution in [1.29, 1.82) is 0 Å². The zero-order valence-electron chi connectivity index (χ0n) is 18.8. The number of aromatic nitrogens is 1. The minimum Gasteiger partial charge on any atom is -0.457 e. The summed E-state index contributed by atoms with van der Waals surface area (Å²) in [5.41, 5.74) is 1.13. The van der Waals surface area contributed by atoms with Gasteiger partial charge in [-0.1, -0.05) is 41.5 Å². The average Bonchev–Trinajstić information content (AvgIpc) is 2.69. The van der Waals surface area contributed by atoms with Gasteiger partial charge < -0.3 is 4.74 Å². The fourth-order valence-corrected chi connectivity index (χ4v) is 3.20. The standard InChI is InChI=1S/C25H27N3O3/c1-24(2,3)19-14-20(21(25(4,5)6)23(30)22(19)29)31-18-11-9-16(10-12-18)27-28-17-8-7-13-26-15-17/h7-15H,1-6H3. The Labute approximate surface area is 182 Å². The fourth-order valence-electron chi connectivity index (χ4n) is 3.20. The lowest BCUT2D eigenvalue weighted by Crippen LogP contribution is -2.35. The molecule has 0 bridgehead atoms. The van der Waals surface area contributed by atoms with E-state index in [-0.39, 0.29) is 0 Å². The molecular formula is C25H27N3O3. The Bertz CT molecular complexity index is 1080.